The smallest absolute Gasteiger partial charge is 0.281 e. The van der Waals surface area contributed by atoms with Gasteiger partial charge in [0.15, 0.2) is 11.5 Å². The van der Waals surface area contributed by atoms with Crippen LogP contribution in [0, 0.1) is 0 Å². The van der Waals surface area contributed by atoms with E-state index in [2.05, 4.69) is 10.2 Å². The molecule has 2 aromatic heterocycles. The van der Waals surface area contributed by atoms with Crippen LogP contribution in [0.1, 0.15) is 31.1 Å². The molecule has 0 aliphatic carbocycles. The number of likely N-dealkylation sites (tertiary alicyclic amines) is 1. The SMILES string of the molecule is O=C1SCCN1CCC(=O)N1CCCC1c1nnc2ccccn12. The third-order valence-corrected chi connectivity index (χ3v) is 5.54. The van der Waals surface area contributed by atoms with Crippen molar-refractivity contribution in [2.24, 2.45) is 0 Å². The molecule has 4 heterocycles. The number of carbonyl (C=O) groups excluding carboxylic acids is 2. The summed E-state index contributed by atoms with van der Waals surface area (Å²) in [6.07, 6.45) is 4.18. The molecule has 1 unspecified atom stereocenters. The minimum Gasteiger partial charge on any atom is -0.332 e. The van der Waals surface area contributed by atoms with Crippen molar-refractivity contribution in [1.29, 1.82) is 0 Å². The summed E-state index contributed by atoms with van der Waals surface area (Å²) in [7, 11) is 0. The van der Waals surface area contributed by atoms with Crippen LogP contribution in [0.4, 0.5) is 4.79 Å². The van der Waals surface area contributed by atoms with Crippen LogP contribution < -0.4 is 0 Å². The number of nitrogens with zero attached hydrogens (tertiary/aromatic N) is 5. The van der Waals surface area contributed by atoms with Crippen molar-refractivity contribution in [3.8, 4) is 0 Å². The first-order valence-corrected chi connectivity index (χ1v) is 9.23. The second-order valence-electron chi connectivity index (χ2n) is 6.08. The summed E-state index contributed by atoms with van der Waals surface area (Å²) >= 11 is 1.33. The summed E-state index contributed by atoms with van der Waals surface area (Å²) in [5, 5.41) is 8.59. The number of amides is 2. The maximum absolute atomic E-state index is 12.7. The van der Waals surface area contributed by atoms with Crippen LogP contribution in [0.2, 0.25) is 0 Å². The van der Waals surface area contributed by atoms with Crippen LogP contribution in [0.5, 0.6) is 0 Å². The molecule has 4 rings (SSSR count). The highest BCUT2D eigenvalue weighted by Crippen LogP contribution is 2.31. The highest BCUT2D eigenvalue weighted by Gasteiger charge is 2.33. The van der Waals surface area contributed by atoms with Crippen molar-refractivity contribution in [3.05, 3.63) is 30.2 Å². The van der Waals surface area contributed by atoms with Gasteiger partial charge in [0.05, 0.1) is 6.04 Å². The monoisotopic (exact) mass is 345 g/mol. The number of hydrogen-bond donors (Lipinski definition) is 0. The van der Waals surface area contributed by atoms with Gasteiger partial charge in [0.2, 0.25) is 5.91 Å². The van der Waals surface area contributed by atoms with Gasteiger partial charge in [-0.3, -0.25) is 14.0 Å². The zero-order valence-corrected chi connectivity index (χ0v) is 14.1. The van der Waals surface area contributed by atoms with E-state index in [0.29, 0.717) is 13.0 Å². The molecule has 0 N–H and O–H groups in total. The van der Waals surface area contributed by atoms with Crippen molar-refractivity contribution in [2.45, 2.75) is 25.3 Å². The number of fused-ring (bicyclic) bond motifs is 1. The van der Waals surface area contributed by atoms with E-state index in [0.717, 1.165) is 43.2 Å². The van der Waals surface area contributed by atoms with Crippen molar-refractivity contribution in [3.63, 3.8) is 0 Å². The molecule has 0 spiro atoms. The van der Waals surface area contributed by atoms with Gasteiger partial charge < -0.3 is 9.80 Å². The van der Waals surface area contributed by atoms with E-state index in [-0.39, 0.29) is 17.2 Å². The van der Waals surface area contributed by atoms with E-state index in [9.17, 15) is 9.59 Å². The fraction of sp³-hybridized carbons (Fsp3) is 0.500. The van der Waals surface area contributed by atoms with E-state index in [1.807, 2.05) is 33.7 Å². The Morgan fingerprint density at radius 1 is 1.29 bits per heavy atom. The highest BCUT2D eigenvalue weighted by molar-refractivity contribution is 8.13. The van der Waals surface area contributed by atoms with Gasteiger partial charge in [-0.2, -0.15) is 0 Å². The standard InChI is InChI=1S/C16H19N5O2S/c22-14(6-9-19-10-11-24-16(19)23)20-8-3-4-12(20)15-18-17-13-5-1-2-7-21(13)15/h1-2,5,7,12H,3-4,6,8-11H2. The van der Waals surface area contributed by atoms with Crippen LogP contribution >= 0.6 is 11.8 Å². The largest absolute Gasteiger partial charge is 0.332 e. The van der Waals surface area contributed by atoms with E-state index in [1.54, 1.807) is 4.90 Å². The molecule has 0 radical (unpaired) electrons. The fourth-order valence-electron chi connectivity index (χ4n) is 3.42. The maximum Gasteiger partial charge on any atom is 0.281 e. The van der Waals surface area contributed by atoms with E-state index in [4.69, 9.17) is 0 Å². The van der Waals surface area contributed by atoms with E-state index in [1.165, 1.54) is 11.8 Å². The molecular formula is C16H19N5O2S. The number of carbonyl (C=O) groups is 2. The average Bonchev–Trinajstić information content (AvgIpc) is 3.31. The van der Waals surface area contributed by atoms with Gasteiger partial charge in [-0.25, -0.2) is 0 Å². The lowest BCUT2D eigenvalue weighted by Gasteiger charge is -2.24. The Morgan fingerprint density at radius 2 is 2.21 bits per heavy atom. The molecule has 2 aliphatic heterocycles. The third-order valence-electron chi connectivity index (χ3n) is 4.65. The fourth-order valence-corrected chi connectivity index (χ4v) is 4.28. The van der Waals surface area contributed by atoms with Gasteiger partial charge in [0.25, 0.3) is 5.24 Å². The Labute approximate surface area is 144 Å². The molecule has 0 bridgehead atoms. The number of hydrogen-bond acceptors (Lipinski definition) is 5. The predicted octanol–water partition coefficient (Wildman–Crippen LogP) is 1.95. The van der Waals surface area contributed by atoms with Crippen LogP contribution in [0.3, 0.4) is 0 Å². The molecular weight excluding hydrogens is 326 g/mol. The van der Waals surface area contributed by atoms with Gasteiger partial charge in [-0.05, 0) is 25.0 Å². The highest BCUT2D eigenvalue weighted by atomic mass is 32.2. The van der Waals surface area contributed by atoms with Gasteiger partial charge in [0.1, 0.15) is 0 Å². The number of thioether (sulfide) groups is 1. The Balaban J connectivity index is 1.48. The molecule has 2 amide bonds. The molecule has 7 nitrogen and oxygen atoms in total. The topological polar surface area (TPSA) is 70.8 Å². The predicted molar refractivity (Wildman–Crippen MR) is 90.7 cm³/mol. The number of rotatable bonds is 4. The van der Waals surface area contributed by atoms with Crippen molar-refractivity contribution in [2.75, 3.05) is 25.4 Å². The molecule has 2 fully saturated rings. The van der Waals surface area contributed by atoms with Gasteiger partial charge >= 0.3 is 0 Å². The first kappa shape index (κ1) is 15.4. The van der Waals surface area contributed by atoms with Crippen molar-refractivity contribution >= 4 is 28.6 Å². The lowest BCUT2D eigenvalue weighted by atomic mass is 10.2. The lowest BCUT2D eigenvalue weighted by molar-refractivity contribution is -0.132. The summed E-state index contributed by atoms with van der Waals surface area (Å²) in [5.41, 5.74) is 0.798. The molecule has 1 atom stereocenters. The summed E-state index contributed by atoms with van der Waals surface area (Å²) in [6, 6.07) is 5.75. The number of aromatic nitrogens is 3. The molecule has 2 saturated heterocycles. The number of pyridine rings is 1. The van der Waals surface area contributed by atoms with Gasteiger partial charge in [-0.1, -0.05) is 17.8 Å². The van der Waals surface area contributed by atoms with Crippen LogP contribution in [-0.4, -0.2) is 60.9 Å². The van der Waals surface area contributed by atoms with Crippen LogP contribution in [0.25, 0.3) is 5.65 Å². The van der Waals surface area contributed by atoms with Crippen LogP contribution in [0.15, 0.2) is 24.4 Å². The normalized spacial score (nSPS) is 21.2. The zero-order chi connectivity index (χ0) is 16.5. The third kappa shape index (κ3) is 2.75. The maximum atomic E-state index is 12.7. The molecule has 126 valence electrons. The summed E-state index contributed by atoms with van der Waals surface area (Å²) in [5.74, 6) is 1.74. The summed E-state index contributed by atoms with van der Waals surface area (Å²) in [6.45, 7) is 2.00. The van der Waals surface area contributed by atoms with E-state index >= 15 is 0 Å². The Bertz CT molecular complexity index is 777. The second-order valence-corrected chi connectivity index (χ2v) is 7.13. The van der Waals surface area contributed by atoms with Crippen molar-refractivity contribution < 1.29 is 9.59 Å². The first-order valence-electron chi connectivity index (χ1n) is 8.25. The minimum absolute atomic E-state index is 0.0291. The Hall–Kier alpha value is -2.09. The Morgan fingerprint density at radius 3 is 3.04 bits per heavy atom. The van der Waals surface area contributed by atoms with E-state index < -0.39 is 0 Å². The summed E-state index contributed by atoms with van der Waals surface area (Å²) in [4.78, 5) is 28.0. The van der Waals surface area contributed by atoms with Crippen molar-refractivity contribution in [1.82, 2.24) is 24.4 Å². The first-order chi connectivity index (χ1) is 11.7. The second kappa shape index (κ2) is 6.43. The average molecular weight is 345 g/mol. The van der Waals surface area contributed by atoms with Gasteiger partial charge in [-0.15, -0.1) is 10.2 Å². The quantitative estimate of drug-likeness (QED) is 0.847. The molecule has 0 saturated carbocycles. The lowest BCUT2D eigenvalue weighted by Crippen LogP contribution is -2.35. The molecule has 24 heavy (non-hydrogen) atoms. The molecule has 2 aromatic rings. The summed E-state index contributed by atoms with van der Waals surface area (Å²) < 4.78 is 1.96. The van der Waals surface area contributed by atoms with Gasteiger partial charge in [0, 0.05) is 38.0 Å². The molecule has 0 aromatic carbocycles. The van der Waals surface area contributed by atoms with Crippen LogP contribution in [-0.2, 0) is 4.79 Å². The molecule has 2 aliphatic rings. The Kier molecular flexibility index (Phi) is 4.13. The minimum atomic E-state index is -0.0291. The zero-order valence-electron chi connectivity index (χ0n) is 13.3. The molecule has 8 heteroatoms.